The fourth-order valence-electron chi connectivity index (χ4n) is 3.51. The van der Waals surface area contributed by atoms with Gasteiger partial charge in [-0.2, -0.15) is 0 Å². The van der Waals surface area contributed by atoms with E-state index in [4.69, 9.17) is 16.3 Å². The summed E-state index contributed by atoms with van der Waals surface area (Å²) in [6, 6.07) is 4.62. The van der Waals surface area contributed by atoms with Gasteiger partial charge in [0.15, 0.2) is 0 Å². The molecule has 1 saturated heterocycles. The number of hydrogen-bond acceptors (Lipinski definition) is 5. The van der Waals surface area contributed by atoms with Gasteiger partial charge in [-0.1, -0.05) is 24.2 Å². The van der Waals surface area contributed by atoms with Gasteiger partial charge in [0, 0.05) is 30.8 Å². The minimum Gasteiger partial charge on any atom is -0.508 e. The molecule has 31 heavy (non-hydrogen) atoms. The van der Waals surface area contributed by atoms with Gasteiger partial charge in [-0.05, 0) is 31.2 Å². The molecule has 1 aliphatic rings. The largest absolute Gasteiger partial charge is 0.508 e. The second-order valence-corrected chi connectivity index (χ2v) is 7.52. The minimum atomic E-state index is -0.714. The van der Waals surface area contributed by atoms with Gasteiger partial charge in [-0.3, -0.25) is 9.59 Å². The van der Waals surface area contributed by atoms with E-state index in [1.165, 1.54) is 29.2 Å². The highest BCUT2D eigenvalue weighted by atomic mass is 35.5. The number of rotatable bonds is 6. The number of benzene rings is 2. The molecule has 1 heterocycles. The zero-order chi connectivity index (χ0) is 22.7. The van der Waals surface area contributed by atoms with Crippen molar-refractivity contribution < 1.29 is 28.9 Å². The number of carbonyl (C=O) groups is 2. The van der Waals surface area contributed by atoms with Crippen LogP contribution < -0.4 is 4.74 Å². The van der Waals surface area contributed by atoms with E-state index in [1.807, 2.05) is 0 Å². The van der Waals surface area contributed by atoms with Crippen LogP contribution in [0.4, 0.5) is 4.39 Å². The predicted molar refractivity (Wildman–Crippen MR) is 114 cm³/mol. The van der Waals surface area contributed by atoms with Gasteiger partial charge >= 0.3 is 0 Å². The zero-order valence-electron chi connectivity index (χ0n) is 16.8. The molecule has 2 N–H and O–H groups in total. The topological polar surface area (TPSA) is 90.3 Å². The van der Waals surface area contributed by atoms with Crippen molar-refractivity contribution in [2.24, 2.45) is 0 Å². The maximum atomic E-state index is 14.4. The van der Waals surface area contributed by atoms with Crippen molar-refractivity contribution in [1.82, 2.24) is 9.80 Å². The highest BCUT2D eigenvalue weighted by Crippen LogP contribution is 2.45. The molecule has 3 rings (SSSR count). The van der Waals surface area contributed by atoms with Crippen molar-refractivity contribution in [3.8, 4) is 28.4 Å². The summed E-state index contributed by atoms with van der Waals surface area (Å²) in [5.41, 5.74) is 0.217. The standard InChI is InChI=1S/C22H22ClFN2O5/c1-3-19(30)25-7-8-26(12-27)14(10-25)11-31-22-13(2)18(29)9-15(21(22)23)20-16(24)5-4-6-17(20)28/h3-6,9,12,14,28-29H,1,7-8,10-11H2,2H3. The van der Waals surface area contributed by atoms with Crippen molar-refractivity contribution in [2.45, 2.75) is 13.0 Å². The lowest BCUT2D eigenvalue weighted by atomic mass is 10.0. The highest BCUT2D eigenvalue weighted by molar-refractivity contribution is 6.35. The summed E-state index contributed by atoms with van der Waals surface area (Å²) in [5.74, 6) is -1.41. The number of ether oxygens (including phenoxy) is 1. The number of hydrogen-bond donors (Lipinski definition) is 2. The Balaban J connectivity index is 1.92. The van der Waals surface area contributed by atoms with E-state index in [2.05, 4.69) is 6.58 Å². The number of piperazine rings is 1. The molecule has 2 aromatic rings. The van der Waals surface area contributed by atoms with Gasteiger partial charge in [0.2, 0.25) is 12.3 Å². The molecule has 0 saturated carbocycles. The average molecular weight is 449 g/mol. The third-order valence-corrected chi connectivity index (χ3v) is 5.65. The zero-order valence-corrected chi connectivity index (χ0v) is 17.6. The molecular formula is C22H22ClFN2O5. The van der Waals surface area contributed by atoms with Crippen LogP contribution in [0.25, 0.3) is 11.1 Å². The van der Waals surface area contributed by atoms with Crippen LogP contribution in [0.2, 0.25) is 5.02 Å². The average Bonchev–Trinajstić information content (AvgIpc) is 2.76. The van der Waals surface area contributed by atoms with Gasteiger partial charge in [-0.15, -0.1) is 0 Å². The van der Waals surface area contributed by atoms with Crippen molar-refractivity contribution in [2.75, 3.05) is 26.2 Å². The van der Waals surface area contributed by atoms with Gasteiger partial charge in [0.05, 0.1) is 16.6 Å². The minimum absolute atomic E-state index is 0.00295. The van der Waals surface area contributed by atoms with E-state index < -0.39 is 11.9 Å². The maximum absolute atomic E-state index is 14.4. The second-order valence-electron chi connectivity index (χ2n) is 7.14. The number of aromatic hydroxyl groups is 2. The SMILES string of the molecule is C=CC(=O)N1CCN(C=O)C(COc2c(C)c(O)cc(-c3c(O)cccc3F)c2Cl)C1. The Labute approximate surface area is 183 Å². The Morgan fingerprint density at radius 1 is 1.35 bits per heavy atom. The molecule has 0 spiro atoms. The predicted octanol–water partition coefficient (Wildman–Crippen LogP) is 3.10. The molecule has 7 nitrogen and oxygen atoms in total. The molecule has 0 radical (unpaired) electrons. The molecule has 9 heteroatoms. The Hall–Kier alpha value is -3.26. The van der Waals surface area contributed by atoms with Gasteiger partial charge in [-0.25, -0.2) is 4.39 Å². The van der Waals surface area contributed by atoms with E-state index in [0.29, 0.717) is 25.1 Å². The van der Waals surface area contributed by atoms with Gasteiger partial charge in [0.1, 0.15) is 29.7 Å². The maximum Gasteiger partial charge on any atom is 0.246 e. The summed E-state index contributed by atoms with van der Waals surface area (Å²) in [6.07, 6.45) is 1.89. The monoisotopic (exact) mass is 448 g/mol. The molecule has 2 aromatic carbocycles. The number of phenols is 2. The lowest BCUT2D eigenvalue weighted by Gasteiger charge is -2.39. The Kier molecular flexibility index (Phi) is 6.70. The smallest absolute Gasteiger partial charge is 0.246 e. The Morgan fingerprint density at radius 3 is 2.74 bits per heavy atom. The molecular weight excluding hydrogens is 427 g/mol. The number of nitrogens with zero attached hydrogens (tertiary/aromatic N) is 2. The normalized spacial score (nSPS) is 16.2. The molecule has 1 unspecified atom stereocenters. The molecule has 1 fully saturated rings. The summed E-state index contributed by atoms with van der Waals surface area (Å²) in [6.45, 7) is 5.98. The van der Waals surface area contributed by atoms with Gasteiger partial charge < -0.3 is 24.7 Å². The van der Waals surface area contributed by atoms with E-state index in [0.717, 1.165) is 6.07 Å². The van der Waals surface area contributed by atoms with Crippen molar-refractivity contribution in [3.63, 3.8) is 0 Å². The molecule has 1 atom stereocenters. The van der Waals surface area contributed by atoms with E-state index in [1.54, 1.807) is 11.8 Å². The Bertz CT molecular complexity index is 1010. The van der Waals surface area contributed by atoms with Crippen LogP contribution in [0.15, 0.2) is 36.9 Å². The fraction of sp³-hybridized carbons (Fsp3) is 0.273. The van der Waals surface area contributed by atoms with Crippen LogP contribution >= 0.6 is 11.6 Å². The first-order chi connectivity index (χ1) is 14.8. The second kappa shape index (κ2) is 9.26. The van der Waals surface area contributed by atoms with Crippen LogP contribution in [-0.2, 0) is 9.59 Å². The van der Waals surface area contributed by atoms with Crippen molar-refractivity contribution >= 4 is 23.9 Å². The molecule has 2 amide bonds. The van der Waals surface area contributed by atoms with E-state index in [9.17, 15) is 24.2 Å². The number of halogens is 2. The van der Waals surface area contributed by atoms with Gasteiger partial charge in [0.25, 0.3) is 0 Å². The first kappa shape index (κ1) is 22.4. The quantitative estimate of drug-likeness (QED) is 0.523. The molecule has 164 valence electrons. The first-order valence-electron chi connectivity index (χ1n) is 9.53. The number of amides is 2. The third kappa shape index (κ3) is 4.44. The third-order valence-electron chi connectivity index (χ3n) is 5.27. The van der Waals surface area contributed by atoms with Crippen LogP contribution in [0.5, 0.6) is 17.2 Å². The van der Waals surface area contributed by atoms with Crippen LogP contribution in [0, 0.1) is 12.7 Å². The molecule has 1 aliphatic heterocycles. The number of carbonyl (C=O) groups excluding carboxylic acids is 2. The van der Waals surface area contributed by atoms with Crippen molar-refractivity contribution in [1.29, 1.82) is 0 Å². The summed E-state index contributed by atoms with van der Waals surface area (Å²) in [4.78, 5) is 26.5. The molecule has 0 bridgehead atoms. The van der Waals surface area contributed by atoms with Crippen molar-refractivity contribution in [3.05, 3.63) is 53.3 Å². The summed E-state index contributed by atoms with van der Waals surface area (Å²) in [5, 5.41) is 20.5. The number of phenolic OH excluding ortho intramolecular Hbond substituents is 2. The molecule has 0 aliphatic carbocycles. The summed E-state index contributed by atoms with van der Waals surface area (Å²) in [7, 11) is 0. The van der Waals surface area contributed by atoms with E-state index >= 15 is 0 Å². The highest BCUT2D eigenvalue weighted by Gasteiger charge is 2.29. The summed E-state index contributed by atoms with van der Waals surface area (Å²) >= 11 is 6.48. The van der Waals surface area contributed by atoms with Crippen LogP contribution in [-0.4, -0.2) is 64.6 Å². The van der Waals surface area contributed by atoms with Crippen LogP contribution in [0.1, 0.15) is 5.56 Å². The lowest BCUT2D eigenvalue weighted by Crippen LogP contribution is -2.56. The Morgan fingerprint density at radius 2 is 2.10 bits per heavy atom. The first-order valence-corrected chi connectivity index (χ1v) is 9.91. The summed E-state index contributed by atoms with van der Waals surface area (Å²) < 4.78 is 20.2. The fourth-order valence-corrected chi connectivity index (χ4v) is 3.86. The molecule has 0 aromatic heterocycles. The lowest BCUT2D eigenvalue weighted by molar-refractivity contribution is -0.134. The van der Waals surface area contributed by atoms with Crippen LogP contribution in [0.3, 0.4) is 0 Å². The van der Waals surface area contributed by atoms with E-state index in [-0.39, 0.29) is 52.5 Å².